The largest absolute Gasteiger partial charge is 0.507 e. The van der Waals surface area contributed by atoms with Crippen LogP contribution in [0.4, 0.5) is 0 Å². The van der Waals surface area contributed by atoms with Crippen LogP contribution in [0.5, 0.6) is 5.75 Å². The van der Waals surface area contributed by atoms with Gasteiger partial charge in [-0.25, -0.2) is 0 Å². The van der Waals surface area contributed by atoms with Crippen molar-refractivity contribution in [1.82, 2.24) is 0 Å². The topological polar surface area (TPSA) is 32.6 Å². The molecular formula is C26H37NO. The summed E-state index contributed by atoms with van der Waals surface area (Å²) in [6, 6.07) is 8.01. The molecule has 1 N–H and O–H groups in total. The first-order valence-electron chi connectivity index (χ1n) is 11.8. The number of hydrogen-bond donors (Lipinski definition) is 1. The average Bonchev–Trinajstić information content (AvgIpc) is 3.03. The van der Waals surface area contributed by atoms with Gasteiger partial charge in [-0.15, -0.1) is 0 Å². The summed E-state index contributed by atoms with van der Waals surface area (Å²) in [5, 5.41) is 10.1. The van der Waals surface area contributed by atoms with Crippen molar-refractivity contribution in [3.63, 3.8) is 0 Å². The van der Waals surface area contributed by atoms with Crippen LogP contribution in [-0.4, -0.2) is 17.4 Å². The lowest BCUT2D eigenvalue weighted by Crippen LogP contribution is -2.53. The molecule has 0 bridgehead atoms. The fourth-order valence-corrected chi connectivity index (χ4v) is 8.28. The number of fused-ring (bicyclic) bond motifs is 5. The molecule has 5 rings (SSSR count). The first-order chi connectivity index (χ1) is 13.5. The minimum Gasteiger partial charge on any atom is -0.507 e. The summed E-state index contributed by atoms with van der Waals surface area (Å²) in [6.45, 7) is 5.21. The Hall–Kier alpha value is -1.31. The van der Waals surface area contributed by atoms with Crippen LogP contribution in [0.25, 0.3) is 0 Å². The van der Waals surface area contributed by atoms with Crippen LogP contribution < -0.4 is 0 Å². The van der Waals surface area contributed by atoms with Crippen molar-refractivity contribution in [1.29, 1.82) is 0 Å². The van der Waals surface area contributed by atoms with Gasteiger partial charge in [-0.1, -0.05) is 38.8 Å². The maximum absolute atomic E-state index is 10.1. The van der Waals surface area contributed by atoms with E-state index in [1.165, 1.54) is 64.2 Å². The van der Waals surface area contributed by atoms with Gasteiger partial charge in [-0.3, -0.25) is 4.99 Å². The normalized spacial score (nSPS) is 45.4. The molecule has 0 unspecified atom stereocenters. The van der Waals surface area contributed by atoms with E-state index in [0.717, 1.165) is 29.2 Å². The highest BCUT2D eigenvalue weighted by atomic mass is 16.3. The summed E-state index contributed by atoms with van der Waals surface area (Å²) in [4.78, 5) is 5.06. The molecule has 0 spiro atoms. The van der Waals surface area contributed by atoms with E-state index in [1.807, 2.05) is 24.4 Å². The van der Waals surface area contributed by atoms with Gasteiger partial charge in [0.05, 0.1) is 6.04 Å². The second kappa shape index (κ2) is 6.89. The smallest absolute Gasteiger partial charge is 0.124 e. The summed E-state index contributed by atoms with van der Waals surface area (Å²) in [5.41, 5.74) is 1.85. The van der Waals surface area contributed by atoms with Gasteiger partial charge in [0.1, 0.15) is 5.75 Å². The molecule has 7 atom stereocenters. The number of benzene rings is 1. The van der Waals surface area contributed by atoms with Gasteiger partial charge in [-0.05, 0) is 98.0 Å². The van der Waals surface area contributed by atoms with E-state index < -0.39 is 0 Å². The summed E-state index contributed by atoms with van der Waals surface area (Å²) in [5.74, 6) is 4.10. The summed E-state index contributed by atoms with van der Waals surface area (Å²) < 4.78 is 0. The Kier molecular flexibility index (Phi) is 4.60. The van der Waals surface area contributed by atoms with E-state index in [0.29, 0.717) is 22.6 Å². The predicted molar refractivity (Wildman–Crippen MR) is 116 cm³/mol. The number of hydrogen-bond acceptors (Lipinski definition) is 2. The van der Waals surface area contributed by atoms with Crippen molar-refractivity contribution in [3.05, 3.63) is 29.8 Å². The van der Waals surface area contributed by atoms with Crippen molar-refractivity contribution in [2.24, 2.45) is 39.5 Å². The van der Waals surface area contributed by atoms with Crippen molar-refractivity contribution in [3.8, 4) is 5.75 Å². The maximum Gasteiger partial charge on any atom is 0.124 e. The van der Waals surface area contributed by atoms with E-state index in [-0.39, 0.29) is 0 Å². The number of aromatic hydroxyl groups is 1. The minimum absolute atomic E-state index is 0.346. The number of nitrogens with zero attached hydrogens (tertiary/aromatic N) is 1. The van der Waals surface area contributed by atoms with E-state index in [4.69, 9.17) is 4.99 Å². The highest BCUT2D eigenvalue weighted by Crippen LogP contribution is 2.66. The lowest BCUT2D eigenvalue weighted by molar-refractivity contribution is -0.105. The molecule has 0 heterocycles. The van der Waals surface area contributed by atoms with E-state index in [2.05, 4.69) is 13.8 Å². The molecule has 0 aromatic heterocycles. The zero-order valence-corrected chi connectivity index (χ0v) is 17.7. The number of para-hydroxylation sites is 1. The molecule has 28 heavy (non-hydrogen) atoms. The fraction of sp³-hybridized carbons (Fsp3) is 0.731. The quantitative estimate of drug-likeness (QED) is 0.576. The molecule has 0 radical (unpaired) electrons. The molecule has 2 heteroatoms. The Balaban J connectivity index is 1.37. The second-order valence-corrected chi connectivity index (χ2v) is 10.9. The SMILES string of the molecule is C[C@]12CCCC[C@@H]1CC[C@@H]1[C@@H]2CC[C@]2(C)[C@@H](N=Cc3ccccc3O)CC[C@@H]12. The molecular weight excluding hydrogens is 342 g/mol. The molecule has 152 valence electrons. The number of phenolic OH excluding ortho intramolecular Hbond substituents is 1. The number of aliphatic imine (C=N–C) groups is 1. The molecule has 1 aromatic carbocycles. The number of rotatable bonds is 2. The Labute approximate surface area is 170 Å². The summed E-state index contributed by atoms with van der Waals surface area (Å²) in [7, 11) is 0. The maximum atomic E-state index is 10.1. The van der Waals surface area contributed by atoms with Crippen molar-refractivity contribution in [2.45, 2.75) is 84.1 Å². The standard InChI is InChI=1S/C26H37NO/c1-25-15-6-5-8-19(25)10-11-20-21-12-13-24(26(21,2)16-14-22(20)25)27-17-18-7-3-4-9-23(18)28/h3-4,7,9,17,19-22,24,28H,5-6,8,10-16H2,1-2H3/t19-,20+,21+,22+,24+,25+,26+/m1/s1. The van der Waals surface area contributed by atoms with Gasteiger partial charge < -0.3 is 5.11 Å². The van der Waals surface area contributed by atoms with Gasteiger partial charge in [0.25, 0.3) is 0 Å². The van der Waals surface area contributed by atoms with Gasteiger partial charge in [0, 0.05) is 11.8 Å². The molecule has 4 fully saturated rings. The van der Waals surface area contributed by atoms with Crippen LogP contribution in [0, 0.1) is 34.5 Å². The summed E-state index contributed by atoms with van der Waals surface area (Å²) >= 11 is 0. The zero-order chi connectivity index (χ0) is 19.4. The van der Waals surface area contributed by atoms with Crippen LogP contribution in [0.2, 0.25) is 0 Å². The molecule has 0 aliphatic heterocycles. The molecule has 2 nitrogen and oxygen atoms in total. The van der Waals surface area contributed by atoms with E-state index in [9.17, 15) is 5.11 Å². The van der Waals surface area contributed by atoms with Crippen molar-refractivity contribution >= 4 is 6.21 Å². The first-order valence-corrected chi connectivity index (χ1v) is 11.8. The monoisotopic (exact) mass is 379 g/mol. The van der Waals surface area contributed by atoms with Crippen LogP contribution in [0.15, 0.2) is 29.3 Å². The minimum atomic E-state index is 0.346. The van der Waals surface area contributed by atoms with Crippen molar-refractivity contribution in [2.75, 3.05) is 0 Å². The highest BCUT2D eigenvalue weighted by Gasteiger charge is 2.59. The lowest BCUT2D eigenvalue weighted by atomic mass is 9.45. The molecule has 0 amide bonds. The zero-order valence-electron chi connectivity index (χ0n) is 17.7. The third-order valence-corrected chi connectivity index (χ3v) is 9.86. The van der Waals surface area contributed by atoms with Crippen LogP contribution in [-0.2, 0) is 0 Å². The van der Waals surface area contributed by atoms with Crippen LogP contribution >= 0.6 is 0 Å². The van der Waals surface area contributed by atoms with Crippen LogP contribution in [0.3, 0.4) is 0 Å². The first kappa shape index (κ1) is 18.7. The molecule has 1 aromatic rings. The Morgan fingerprint density at radius 2 is 1.71 bits per heavy atom. The fourth-order valence-electron chi connectivity index (χ4n) is 8.28. The second-order valence-electron chi connectivity index (χ2n) is 10.9. The lowest BCUT2D eigenvalue weighted by Gasteiger charge is -2.60. The Morgan fingerprint density at radius 1 is 0.893 bits per heavy atom. The molecule has 4 aliphatic rings. The van der Waals surface area contributed by atoms with Gasteiger partial charge in [0.15, 0.2) is 0 Å². The van der Waals surface area contributed by atoms with E-state index >= 15 is 0 Å². The third-order valence-electron chi connectivity index (χ3n) is 9.86. The van der Waals surface area contributed by atoms with Gasteiger partial charge in [-0.2, -0.15) is 0 Å². The van der Waals surface area contributed by atoms with Gasteiger partial charge in [0.2, 0.25) is 0 Å². The Bertz CT molecular complexity index is 757. The highest BCUT2D eigenvalue weighted by molar-refractivity contribution is 5.83. The van der Waals surface area contributed by atoms with Crippen molar-refractivity contribution < 1.29 is 5.11 Å². The average molecular weight is 380 g/mol. The predicted octanol–water partition coefficient (Wildman–Crippen LogP) is 6.61. The Morgan fingerprint density at radius 3 is 2.57 bits per heavy atom. The molecule has 0 saturated heterocycles. The number of phenols is 1. The molecule has 4 aliphatic carbocycles. The molecule has 4 saturated carbocycles. The van der Waals surface area contributed by atoms with Gasteiger partial charge >= 0.3 is 0 Å². The van der Waals surface area contributed by atoms with Crippen LogP contribution in [0.1, 0.15) is 83.6 Å². The summed E-state index contributed by atoms with van der Waals surface area (Å²) in [6.07, 6.45) is 16.2. The van der Waals surface area contributed by atoms with E-state index in [1.54, 1.807) is 6.07 Å². The third kappa shape index (κ3) is 2.77.